The molecular weight excluding hydrogens is 362 g/mol. The van der Waals surface area contributed by atoms with Crippen LogP contribution in [-0.2, 0) is 16.8 Å². The zero-order valence-electron chi connectivity index (χ0n) is 18.1. The van der Waals surface area contributed by atoms with E-state index in [1.54, 1.807) is 17.0 Å². The van der Waals surface area contributed by atoms with Crippen LogP contribution in [0.1, 0.15) is 37.5 Å². The normalized spacial score (nSPS) is 11.2. The van der Waals surface area contributed by atoms with Gasteiger partial charge in [-0.05, 0) is 54.9 Å². The molecule has 0 aliphatic rings. The standard InChI is InChI=1S/C24H31N3O2/c1-24(2,3)21-10-12-22(13-11-21)29-18-23(28)27(15-14-26(4)5)17-20-8-6-19(16-25)7-9-20/h6-13H,14-15,17-18H2,1-5H3. The Labute approximate surface area is 174 Å². The number of hydrogen-bond donors (Lipinski definition) is 0. The number of likely N-dealkylation sites (N-methyl/N-ethyl adjacent to an activating group) is 1. The fraction of sp³-hybridized carbons (Fsp3) is 0.417. The van der Waals surface area contributed by atoms with Crippen LogP contribution in [0.15, 0.2) is 48.5 Å². The zero-order valence-corrected chi connectivity index (χ0v) is 18.1. The van der Waals surface area contributed by atoms with Gasteiger partial charge < -0.3 is 14.5 Å². The van der Waals surface area contributed by atoms with Gasteiger partial charge in [0.15, 0.2) is 6.61 Å². The van der Waals surface area contributed by atoms with E-state index in [0.29, 0.717) is 24.4 Å². The van der Waals surface area contributed by atoms with Crippen molar-refractivity contribution in [3.63, 3.8) is 0 Å². The van der Waals surface area contributed by atoms with E-state index in [4.69, 9.17) is 10.00 Å². The van der Waals surface area contributed by atoms with Crippen LogP contribution in [0.5, 0.6) is 5.75 Å². The summed E-state index contributed by atoms with van der Waals surface area (Å²) in [7, 11) is 3.97. The van der Waals surface area contributed by atoms with E-state index in [2.05, 4.69) is 26.8 Å². The first-order valence-electron chi connectivity index (χ1n) is 9.84. The summed E-state index contributed by atoms with van der Waals surface area (Å²) in [5, 5.41) is 8.95. The highest BCUT2D eigenvalue weighted by Crippen LogP contribution is 2.24. The summed E-state index contributed by atoms with van der Waals surface area (Å²) in [5.41, 5.74) is 2.91. The Morgan fingerprint density at radius 1 is 1.00 bits per heavy atom. The molecule has 0 saturated carbocycles. The summed E-state index contributed by atoms with van der Waals surface area (Å²) in [4.78, 5) is 16.7. The lowest BCUT2D eigenvalue weighted by Crippen LogP contribution is -2.39. The highest BCUT2D eigenvalue weighted by Gasteiger charge is 2.16. The van der Waals surface area contributed by atoms with Gasteiger partial charge in [-0.1, -0.05) is 45.0 Å². The molecule has 2 aromatic rings. The molecule has 0 atom stereocenters. The maximum atomic E-state index is 12.8. The highest BCUT2D eigenvalue weighted by atomic mass is 16.5. The minimum Gasteiger partial charge on any atom is -0.484 e. The molecular formula is C24H31N3O2. The van der Waals surface area contributed by atoms with Crippen LogP contribution in [0.25, 0.3) is 0 Å². The number of amides is 1. The average molecular weight is 394 g/mol. The van der Waals surface area contributed by atoms with Crippen LogP contribution >= 0.6 is 0 Å². The van der Waals surface area contributed by atoms with E-state index in [1.165, 1.54) is 5.56 Å². The van der Waals surface area contributed by atoms with Gasteiger partial charge >= 0.3 is 0 Å². The molecule has 0 saturated heterocycles. The lowest BCUT2D eigenvalue weighted by molar-refractivity contribution is -0.134. The van der Waals surface area contributed by atoms with Gasteiger partial charge in [-0.2, -0.15) is 5.26 Å². The third-order valence-corrected chi connectivity index (χ3v) is 4.71. The topological polar surface area (TPSA) is 56.6 Å². The first-order valence-corrected chi connectivity index (χ1v) is 9.84. The van der Waals surface area contributed by atoms with Crippen molar-refractivity contribution in [2.75, 3.05) is 33.8 Å². The van der Waals surface area contributed by atoms with Gasteiger partial charge in [0, 0.05) is 19.6 Å². The minimum absolute atomic E-state index is 0.00142. The summed E-state index contributed by atoms with van der Waals surface area (Å²) in [6.07, 6.45) is 0. The Bertz CT molecular complexity index is 828. The number of carbonyl (C=O) groups excluding carboxylic acids is 1. The molecule has 0 fully saturated rings. The van der Waals surface area contributed by atoms with E-state index < -0.39 is 0 Å². The Kier molecular flexibility index (Phi) is 7.81. The van der Waals surface area contributed by atoms with Gasteiger partial charge in [0.25, 0.3) is 5.91 Å². The smallest absolute Gasteiger partial charge is 0.260 e. The molecule has 154 valence electrons. The van der Waals surface area contributed by atoms with Gasteiger partial charge in [0.1, 0.15) is 5.75 Å². The summed E-state index contributed by atoms with van der Waals surface area (Å²) in [5.74, 6) is 0.633. The first kappa shape index (κ1) is 22.4. The molecule has 0 radical (unpaired) electrons. The first-order chi connectivity index (χ1) is 13.7. The van der Waals surface area contributed by atoms with Gasteiger partial charge in [-0.15, -0.1) is 0 Å². The fourth-order valence-corrected chi connectivity index (χ4v) is 2.81. The van der Waals surface area contributed by atoms with E-state index in [9.17, 15) is 4.79 Å². The van der Waals surface area contributed by atoms with Crippen LogP contribution in [0.2, 0.25) is 0 Å². The third-order valence-electron chi connectivity index (χ3n) is 4.71. The molecule has 0 N–H and O–H groups in total. The molecule has 0 aliphatic heterocycles. The molecule has 0 unspecified atom stereocenters. The van der Waals surface area contributed by atoms with Gasteiger partial charge in [-0.3, -0.25) is 4.79 Å². The predicted octanol–water partition coefficient (Wildman–Crippen LogP) is 3.82. The monoisotopic (exact) mass is 393 g/mol. The van der Waals surface area contributed by atoms with Crippen LogP contribution in [0.3, 0.4) is 0 Å². The molecule has 2 rings (SSSR count). The quantitative estimate of drug-likeness (QED) is 0.684. The lowest BCUT2D eigenvalue weighted by Gasteiger charge is -2.25. The van der Waals surface area contributed by atoms with E-state index in [0.717, 1.165) is 12.1 Å². The zero-order chi connectivity index (χ0) is 21.4. The van der Waals surface area contributed by atoms with E-state index in [-0.39, 0.29) is 17.9 Å². The van der Waals surface area contributed by atoms with Crippen molar-refractivity contribution < 1.29 is 9.53 Å². The van der Waals surface area contributed by atoms with Crippen LogP contribution in [-0.4, -0.2) is 49.5 Å². The maximum Gasteiger partial charge on any atom is 0.260 e. The van der Waals surface area contributed by atoms with Crippen molar-refractivity contribution in [3.05, 3.63) is 65.2 Å². The third kappa shape index (κ3) is 7.24. The molecule has 0 heterocycles. The highest BCUT2D eigenvalue weighted by molar-refractivity contribution is 5.77. The van der Waals surface area contributed by atoms with Crippen molar-refractivity contribution in [1.82, 2.24) is 9.80 Å². The molecule has 5 nitrogen and oxygen atoms in total. The van der Waals surface area contributed by atoms with Crippen molar-refractivity contribution in [3.8, 4) is 11.8 Å². The summed E-state index contributed by atoms with van der Waals surface area (Å²) >= 11 is 0. The number of nitrogens with zero attached hydrogens (tertiary/aromatic N) is 3. The summed E-state index contributed by atoms with van der Waals surface area (Å²) < 4.78 is 5.75. The molecule has 0 bridgehead atoms. The summed E-state index contributed by atoms with van der Waals surface area (Å²) in [6.45, 7) is 8.36. The van der Waals surface area contributed by atoms with Crippen molar-refractivity contribution >= 4 is 5.91 Å². The number of ether oxygens (including phenoxy) is 1. The van der Waals surface area contributed by atoms with Crippen molar-refractivity contribution in [2.24, 2.45) is 0 Å². The molecule has 1 amide bonds. The number of carbonyl (C=O) groups is 1. The second-order valence-corrected chi connectivity index (χ2v) is 8.49. The van der Waals surface area contributed by atoms with Crippen LogP contribution < -0.4 is 4.74 Å². The predicted molar refractivity (Wildman–Crippen MR) is 116 cm³/mol. The second-order valence-electron chi connectivity index (χ2n) is 8.49. The van der Waals surface area contributed by atoms with E-state index in [1.807, 2.05) is 55.4 Å². The molecule has 2 aromatic carbocycles. The van der Waals surface area contributed by atoms with Crippen LogP contribution in [0, 0.1) is 11.3 Å². The molecule has 0 aromatic heterocycles. The number of nitriles is 1. The molecule has 0 aliphatic carbocycles. The van der Waals surface area contributed by atoms with Crippen molar-refractivity contribution in [1.29, 1.82) is 5.26 Å². The largest absolute Gasteiger partial charge is 0.484 e. The Morgan fingerprint density at radius 2 is 1.62 bits per heavy atom. The van der Waals surface area contributed by atoms with Gasteiger partial charge in [-0.25, -0.2) is 0 Å². The Morgan fingerprint density at radius 3 is 2.14 bits per heavy atom. The number of rotatable bonds is 8. The molecule has 29 heavy (non-hydrogen) atoms. The fourth-order valence-electron chi connectivity index (χ4n) is 2.81. The number of benzene rings is 2. The van der Waals surface area contributed by atoms with Crippen molar-refractivity contribution in [2.45, 2.75) is 32.7 Å². The second kappa shape index (κ2) is 10.1. The Hall–Kier alpha value is -2.84. The number of hydrogen-bond acceptors (Lipinski definition) is 4. The van der Waals surface area contributed by atoms with Gasteiger partial charge in [0.2, 0.25) is 0 Å². The summed E-state index contributed by atoms with van der Waals surface area (Å²) in [6, 6.07) is 17.4. The maximum absolute atomic E-state index is 12.8. The molecule has 5 heteroatoms. The lowest BCUT2D eigenvalue weighted by atomic mass is 9.87. The minimum atomic E-state index is -0.0592. The SMILES string of the molecule is CN(C)CCN(Cc1ccc(C#N)cc1)C(=O)COc1ccc(C(C)(C)C)cc1. The molecule has 0 spiro atoms. The average Bonchev–Trinajstić information content (AvgIpc) is 2.69. The van der Waals surface area contributed by atoms with Gasteiger partial charge in [0.05, 0.1) is 11.6 Å². The Balaban J connectivity index is 2.01. The van der Waals surface area contributed by atoms with Crippen LogP contribution in [0.4, 0.5) is 0 Å². The van der Waals surface area contributed by atoms with E-state index >= 15 is 0 Å².